The number of benzene rings is 2. The highest BCUT2D eigenvalue weighted by Gasteiger charge is 2.08. The average molecular weight is 395 g/mol. The largest absolute Gasteiger partial charge is 0.481 e. The molecule has 0 saturated heterocycles. The number of rotatable bonds is 7. The molecule has 0 N–H and O–H groups in total. The van der Waals surface area contributed by atoms with Gasteiger partial charge in [-0.05, 0) is 53.8 Å². The molecule has 3 aromatic rings. The van der Waals surface area contributed by atoms with Crippen molar-refractivity contribution in [2.75, 3.05) is 6.61 Å². The number of thiophene rings is 1. The Balaban J connectivity index is 1.47. The molecule has 5 heteroatoms. The normalized spacial score (nSPS) is 9.96. The van der Waals surface area contributed by atoms with Crippen LogP contribution in [0.15, 0.2) is 70.9 Å². The molecule has 3 rings (SSSR count). The molecule has 1 aromatic heterocycles. The first-order chi connectivity index (χ1) is 13.2. The van der Waals surface area contributed by atoms with Crippen LogP contribution in [-0.2, 0) is 15.4 Å². The molecule has 0 amide bonds. The summed E-state index contributed by atoms with van der Waals surface area (Å²) in [6, 6.07) is 19.5. The van der Waals surface area contributed by atoms with Gasteiger partial charge in [-0.3, -0.25) is 4.79 Å². The Morgan fingerprint density at radius 3 is 2.52 bits per heavy atom. The molecule has 0 aliphatic heterocycles. The Morgan fingerprint density at radius 2 is 1.85 bits per heavy atom. The van der Waals surface area contributed by atoms with E-state index in [1.165, 1.54) is 4.88 Å². The highest BCUT2D eigenvalue weighted by atomic mass is 32.2. The van der Waals surface area contributed by atoms with Gasteiger partial charge in [-0.2, -0.15) is 0 Å². The molecule has 0 unspecified atom stereocenters. The Labute approximate surface area is 167 Å². The molecule has 27 heavy (non-hydrogen) atoms. The van der Waals surface area contributed by atoms with Gasteiger partial charge in [0.15, 0.2) is 0 Å². The standard InChI is InChI=1S/C22H18O3S2/c1-2-3-14-24-19-10-12-20(13-11-19)27-25-22(23)16-17-6-8-18(9-7-17)21-5-4-15-26-21/h4-13,15H,14,16H2,1H3. The summed E-state index contributed by atoms with van der Waals surface area (Å²) in [7, 11) is 0. The summed E-state index contributed by atoms with van der Waals surface area (Å²) >= 11 is 2.75. The maximum absolute atomic E-state index is 12.1. The average Bonchev–Trinajstić information content (AvgIpc) is 3.23. The molecule has 1 heterocycles. The van der Waals surface area contributed by atoms with E-state index < -0.39 is 0 Å². The molecule has 0 atom stereocenters. The third kappa shape index (κ3) is 5.92. The summed E-state index contributed by atoms with van der Waals surface area (Å²) in [4.78, 5) is 14.1. The third-order valence-corrected chi connectivity index (χ3v) is 5.30. The van der Waals surface area contributed by atoms with Gasteiger partial charge in [0.05, 0.1) is 18.5 Å². The van der Waals surface area contributed by atoms with E-state index in [1.807, 2.05) is 54.6 Å². The molecule has 0 saturated carbocycles. The van der Waals surface area contributed by atoms with Gasteiger partial charge in [0.2, 0.25) is 0 Å². The second-order valence-electron chi connectivity index (χ2n) is 5.58. The van der Waals surface area contributed by atoms with Crippen LogP contribution in [0.25, 0.3) is 10.4 Å². The topological polar surface area (TPSA) is 35.5 Å². The Kier molecular flexibility index (Phi) is 6.97. The fraction of sp³-hybridized carbons (Fsp3) is 0.136. The smallest absolute Gasteiger partial charge is 0.322 e. The third-order valence-electron chi connectivity index (χ3n) is 3.65. The number of hydrogen-bond acceptors (Lipinski definition) is 5. The van der Waals surface area contributed by atoms with Crippen molar-refractivity contribution >= 4 is 29.3 Å². The van der Waals surface area contributed by atoms with E-state index in [-0.39, 0.29) is 12.4 Å². The van der Waals surface area contributed by atoms with E-state index in [2.05, 4.69) is 23.3 Å². The first-order valence-electron chi connectivity index (χ1n) is 8.37. The molecule has 0 bridgehead atoms. The van der Waals surface area contributed by atoms with Crippen molar-refractivity contribution in [3.63, 3.8) is 0 Å². The van der Waals surface area contributed by atoms with Gasteiger partial charge in [-0.1, -0.05) is 36.3 Å². The number of carbonyl (C=O) groups excluding carboxylic acids is 1. The van der Waals surface area contributed by atoms with Crippen molar-refractivity contribution in [2.24, 2.45) is 0 Å². The Morgan fingerprint density at radius 1 is 1.07 bits per heavy atom. The molecule has 2 aromatic carbocycles. The van der Waals surface area contributed by atoms with Crippen LogP contribution >= 0.6 is 23.4 Å². The fourth-order valence-electron chi connectivity index (χ4n) is 2.30. The SMILES string of the molecule is CC#CCOc1ccc(SOC(=O)Cc2ccc(-c3cccs3)cc2)cc1. The van der Waals surface area contributed by atoms with Gasteiger partial charge in [-0.15, -0.1) is 17.3 Å². The summed E-state index contributed by atoms with van der Waals surface area (Å²) in [6.45, 7) is 2.14. The molecule has 0 fully saturated rings. The van der Waals surface area contributed by atoms with Crippen LogP contribution in [0.2, 0.25) is 0 Å². The first-order valence-corrected chi connectivity index (χ1v) is 9.99. The molecule has 3 nitrogen and oxygen atoms in total. The van der Waals surface area contributed by atoms with E-state index in [4.69, 9.17) is 8.92 Å². The number of carbonyl (C=O) groups is 1. The van der Waals surface area contributed by atoms with Crippen LogP contribution in [0.3, 0.4) is 0 Å². The molecule has 0 radical (unpaired) electrons. The van der Waals surface area contributed by atoms with Crippen LogP contribution in [0.1, 0.15) is 12.5 Å². The maximum atomic E-state index is 12.1. The second kappa shape index (κ2) is 9.86. The Bertz CT molecular complexity index is 918. The number of ether oxygens (including phenoxy) is 1. The maximum Gasteiger partial charge on any atom is 0.322 e. The van der Waals surface area contributed by atoms with Crippen molar-refractivity contribution in [1.82, 2.24) is 0 Å². The molecule has 0 aliphatic rings. The van der Waals surface area contributed by atoms with Gasteiger partial charge >= 0.3 is 5.97 Å². The molecule has 0 aliphatic carbocycles. The molecule has 0 spiro atoms. The van der Waals surface area contributed by atoms with Gasteiger partial charge in [0.25, 0.3) is 0 Å². The minimum atomic E-state index is -0.276. The number of hydrogen-bond donors (Lipinski definition) is 0. The van der Waals surface area contributed by atoms with Crippen molar-refractivity contribution in [2.45, 2.75) is 18.2 Å². The molecular formula is C22H18O3S2. The predicted octanol–water partition coefficient (Wildman–Crippen LogP) is 5.61. The van der Waals surface area contributed by atoms with Crippen LogP contribution in [0, 0.1) is 11.8 Å². The summed E-state index contributed by atoms with van der Waals surface area (Å²) < 4.78 is 10.7. The van der Waals surface area contributed by atoms with E-state index in [1.54, 1.807) is 18.3 Å². The van der Waals surface area contributed by atoms with E-state index in [0.717, 1.165) is 33.8 Å². The Hall–Kier alpha value is -2.68. The van der Waals surface area contributed by atoms with E-state index >= 15 is 0 Å². The van der Waals surface area contributed by atoms with Gasteiger partial charge in [-0.25, -0.2) is 0 Å². The van der Waals surface area contributed by atoms with E-state index in [0.29, 0.717) is 6.61 Å². The summed E-state index contributed by atoms with van der Waals surface area (Å²) in [5, 5.41) is 2.05. The highest BCUT2D eigenvalue weighted by molar-refractivity contribution is 7.95. The summed E-state index contributed by atoms with van der Waals surface area (Å²) in [6.07, 6.45) is 0.245. The summed E-state index contributed by atoms with van der Waals surface area (Å²) in [5.74, 6) is 6.08. The monoisotopic (exact) mass is 394 g/mol. The lowest BCUT2D eigenvalue weighted by Gasteiger charge is -2.05. The molecular weight excluding hydrogens is 376 g/mol. The molecule has 136 valence electrons. The minimum absolute atomic E-state index is 0.245. The first kappa shape index (κ1) is 19.1. The van der Waals surface area contributed by atoms with E-state index in [9.17, 15) is 4.79 Å². The lowest BCUT2D eigenvalue weighted by molar-refractivity contribution is -0.132. The van der Waals surface area contributed by atoms with Crippen LogP contribution in [0.4, 0.5) is 0 Å². The fourth-order valence-corrected chi connectivity index (χ4v) is 3.53. The highest BCUT2D eigenvalue weighted by Crippen LogP contribution is 2.26. The zero-order valence-corrected chi connectivity index (χ0v) is 16.4. The second-order valence-corrected chi connectivity index (χ2v) is 7.33. The summed E-state index contributed by atoms with van der Waals surface area (Å²) in [5.41, 5.74) is 2.09. The predicted molar refractivity (Wildman–Crippen MR) is 111 cm³/mol. The van der Waals surface area contributed by atoms with Gasteiger partial charge in [0.1, 0.15) is 12.4 Å². The zero-order valence-electron chi connectivity index (χ0n) is 14.8. The van der Waals surface area contributed by atoms with Crippen molar-refractivity contribution in [1.29, 1.82) is 0 Å². The van der Waals surface area contributed by atoms with Crippen LogP contribution in [-0.4, -0.2) is 12.6 Å². The van der Waals surface area contributed by atoms with Crippen molar-refractivity contribution in [3.8, 4) is 28.0 Å². The lowest BCUT2D eigenvalue weighted by atomic mass is 10.1. The van der Waals surface area contributed by atoms with Crippen molar-refractivity contribution in [3.05, 3.63) is 71.6 Å². The van der Waals surface area contributed by atoms with Gasteiger partial charge < -0.3 is 8.92 Å². The zero-order chi connectivity index (χ0) is 18.9. The lowest BCUT2D eigenvalue weighted by Crippen LogP contribution is -2.03. The minimum Gasteiger partial charge on any atom is -0.481 e. The van der Waals surface area contributed by atoms with Gasteiger partial charge in [0, 0.05) is 9.77 Å². The quantitative estimate of drug-likeness (QED) is 0.385. The van der Waals surface area contributed by atoms with Crippen LogP contribution < -0.4 is 4.74 Å². The van der Waals surface area contributed by atoms with Crippen LogP contribution in [0.5, 0.6) is 5.75 Å². The van der Waals surface area contributed by atoms with Crippen molar-refractivity contribution < 1.29 is 13.7 Å².